The number of hydrogen-bond donors (Lipinski definition) is 3. The molecule has 2 aromatic carbocycles. The highest BCUT2D eigenvalue weighted by Gasteiger charge is 2.05. The molecule has 1 heterocycles. The zero-order valence-electron chi connectivity index (χ0n) is 19.0. The molecule has 0 saturated carbocycles. The Labute approximate surface area is 211 Å². The summed E-state index contributed by atoms with van der Waals surface area (Å²) in [6.07, 6.45) is 4.29. The first-order valence-corrected chi connectivity index (χ1v) is 10.7. The van der Waals surface area contributed by atoms with Crippen LogP contribution in [-0.2, 0) is 24.3 Å². The number of aliphatic imine (C=N–C) groups is 1. The lowest BCUT2D eigenvalue weighted by Gasteiger charge is -2.12. The van der Waals surface area contributed by atoms with E-state index in [1.165, 1.54) is 5.56 Å². The maximum Gasteiger partial charge on any atom is 0.246 e. The van der Waals surface area contributed by atoms with Crippen molar-refractivity contribution in [1.82, 2.24) is 20.4 Å². The minimum atomic E-state index is -0.122. The van der Waals surface area contributed by atoms with Gasteiger partial charge in [0, 0.05) is 31.2 Å². The van der Waals surface area contributed by atoms with E-state index in [1.807, 2.05) is 43.3 Å². The largest absolute Gasteiger partial charge is 0.497 e. The molecule has 0 aliphatic rings. The quantitative estimate of drug-likeness (QED) is 0.200. The molecule has 9 heteroatoms. The smallest absolute Gasteiger partial charge is 0.246 e. The predicted molar refractivity (Wildman–Crippen MR) is 142 cm³/mol. The summed E-state index contributed by atoms with van der Waals surface area (Å²) in [6, 6.07) is 17.6. The molecule has 176 valence electrons. The van der Waals surface area contributed by atoms with Crippen LogP contribution in [0, 0.1) is 0 Å². The number of benzene rings is 2. The van der Waals surface area contributed by atoms with Gasteiger partial charge in [-0.2, -0.15) is 5.10 Å². The van der Waals surface area contributed by atoms with Gasteiger partial charge in [-0.15, -0.1) is 24.0 Å². The maximum absolute atomic E-state index is 12.2. The third kappa shape index (κ3) is 9.13. The molecule has 3 rings (SSSR count). The van der Waals surface area contributed by atoms with E-state index < -0.39 is 0 Å². The third-order valence-electron chi connectivity index (χ3n) is 4.70. The van der Waals surface area contributed by atoms with Crippen molar-refractivity contribution in [2.24, 2.45) is 4.99 Å². The number of carbonyl (C=O) groups is 1. The van der Waals surface area contributed by atoms with Crippen molar-refractivity contribution in [3.63, 3.8) is 0 Å². The highest BCUT2D eigenvalue weighted by Crippen LogP contribution is 2.12. The van der Waals surface area contributed by atoms with Crippen LogP contribution in [0.25, 0.3) is 0 Å². The van der Waals surface area contributed by atoms with Crippen LogP contribution in [0.2, 0.25) is 0 Å². The molecule has 0 saturated heterocycles. The topological polar surface area (TPSA) is 92.6 Å². The van der Waals surface area contributed by atoms with Gasteiger partial charge in [0.25, 0.3) is 0 Å². The molecule has 33 heavy (non-hydrogen) atoms. The number of rotatable bonds is 10. The summed E-state index contributed by atoms with van der Waals surface area (Å²) in [4.78, 5) is 16.9. The molecule has 1 amide bonds. The standard InChI is InChI=1S/C24H30N6O2.HI/c1-3-25-24(26-14-12-19-8-10-22(32-2)11-9-19)27-17-20-6-4-7-21(16-20)29-23(31)18-30-15-5-13-28-30;/h4-11,13,15-16H,3,12,14,17-18H2,1-2H3,(H,29,31)(H2,25,26,27);1H. The van der Waals surface area contributed by atoms with Gasteiger partial charge in [0.1, 0.15) is 12.3 Å². The molecule has 0 spiro atoms. The molecule has 0 unspecified atom stereocenters. The van der Waals surface area contributed by atoms with Crippen LogP contribution in [0.5, 0.6) is 5.75 Å². The van der Waals surface area contributed by atoms with Gasteiger partial charge >= 0.3 is 0 Å². The van der Waals surface area contributed by atoms with E-state index >= 15 is 0 Å². The van der Waals surface area contributed by atoms with E-state index in [0.29, 0.717) is 6.54 Å². The Kier molecular flexibility index (Phi) is 11.2. The number of nitrogens with one attached hydrogen (secondary N) is 3. The summed E-state index contributed by atoms with van der Waals surface area (Å²) in [5, 5.41) is 13.6. The summed E-state index contributed by atoms with van der Waals surface area (Å²) < 4.78 is 6.79. The van der Waals surface area contributed by atoms with Gasteiger partial charge in [0.05, 0.1) is 13.7 Å². The van der Waals surface area contributed by atoms with Crippen molar-refractivity contribution < 1.29 is 9.53 Å². The van der Waals surface area contributed by atoms with Crippen molar-refractivity contribution in [1.29, 1.82) is 0 Å². The number of ether oxygens (including phenoxy) is 1. The van der Waals surface area contributed by atoms with E-state index in [9.17, 15) is 4.79 Å². The number of nitrogens with zero attached hydrogens (tertiary/aromatic N) is 3. The molecule has 0 radical (unpaired) electrons. The second kappa shape index (κ2) is 14.1. The summed E-state index contributed by atoms with van der Waals surface area (Å²) in [6.45, 7) is 4.26. The lowest BCUT2D eigenvalue weighted by Crippen LogP contribution is -2.38. The molecular weight excluding hydrogens is 531 g/mol. The number of carbonyl (C=O) groups excluding carboxylic acids is 1. The maximum atomic E-state index is 12.2. The number of aromatic nitrogens is 2. The first-order valence-electron chi connectivity index (χ1n) is 10.7. The van der Waals surface area contributed by atoms with Crippen molar-refractivity contribution in [2.45, 2.75) is 26.4 Å². The van der Waals surface area contributed by atoms with E-state index in [2.05, 4.69) is 38.2 Å². The van der Waals surface area contributed by atoms with E-state index in [-0.39, 0.29) is 36.4 Å². The Bertz CT molecular complexity index is 1010. The first kappa shape index (κ1) is 26.2. The van der Waals surface area contributed by atoms with Crippen molar-refractivity contribution in [3.05, 3.63) is 78.1 Å². The Balaban J connectivity index is 0.00000385. The van der Waals surface area contributed by atoms with Crippen molar-refractivity contribution >= 4 is 41.5 Å². The predicted octanol–water partition coefficient (Wildman–Crippen LogP) is 3.45. The fourth-order valence-corrected chi connectivity index (χ4v) is 3.12. The second-order valence-electron chi connectivity index (χ2n) is 7.17. The van der Waals surface area contributed by atoms with Crippen LogP contribution in [-0.4, -0.2) is 41.8 Å². The molecule has 0 fully saturated rings. The van der Waals surface area contributed by atoms with Gasteiger partial charge in [0.2, 0.25) is 5.91 Å². The van der Waals surface area contributed by atoms with Gasteiger partial charge in [-0.3, -0.25) is 9.48 Å². The van der Waals surface area contributed by atoms with Gasteiger partial charge in [-0.1, -0.05) is 24.3 Å². The molecular formula is C24H31IN6O2. The molecule has 0 aliphatic heterocycles. The zero-order valence-corrected chi connectivity index (χ0v) is 21.3. The molecule has 1 aromatic heterocycles. The van der Waals surface area contributed by atoms with E-state index in [4.69, 9.17) is 4.74 Å². The average molecular weight is 562 g/mol. The van der Waals surface area contributed by atoms with Gasteiger partial charge in [-0.25, -0.2) is 4.99 Å². The number of guanidine groups is 1. The second-order valence-corrected chi connectivity index (χ2v) is 7.17. The van der Waals surface area contributed by atoms with Crippen LogP contribution in [0.1, 0.15) is 18.1 Å². The normalized spacial score (nSPS) is 10.8. The Hall–Kier alpha value is -3.08. The molecule has 0 aliphatic carbocycles. The highest BCUT2D eigenvalue weighted by molar-refractivity contribution is 14.0. The molecule has 3 aromatic rings. The fraction of sp³-hybridized carbons (Fsp3) is 0.292. The van der Waals surface area contributed by atoms with E-state index in [0.717, 1.165) is 42.5 Å². The summed E-state index contributed by atoms with van der Waals surface area (Å²) in [5.74, 6) is 1.49. The zero-order chi connectivity index (χ0) is 22.6. The van der Waals surface area contributed by atoms with E-state index in [1.54, 1.807) is 30.3 Å². The molecule has 3 N–H and O–H groups in total. The monoisotopic (exact) mass is 562 g/mol. The number of amides is 1. The van der Waals surface area contributed by atoms with Crippen LogP contribution in [0.4, 0.5) is 5.69 Å². The minimum absolute atomic E-state index is 0. The van der Waals surface area contributed by atoms with Gasteiger partial charge in [-0.05, 0) is 54.8 Å². The van der Waals surface area contributed by atoms with Crippen molar-refractivity contribution in [3.8, 4) is 5.75 Å². The van der Waals surface area contributed by atoms with Crippen LogP contribution >= 0.6 is 24.0 Å². The van der Waals surface area contributed by atoms with Crippen LogP contribution < -0.4 is 20.7 Å². The summed E-state index contributed by atoms with van der Waals surface area (Å²) in [5.41, 5.74) is 2.98. The highest BCUT2D eigenvalue weighted by atomic mass is 127. The lowest BCUT2D eigenvalue weighted by atomic mass is 10.1. The van der Waals surface area contributed by atoms with Gasteiger partial charge in [0.15, 0.2) is 5.96 Å². The Morgan fingerprint density at radius 2 is 1.91 bits per heavy atom. The third-order valence-corrected chi connectivity index (χ3v) is 4.70. The van der Waals surface area contributed by atoms with Crippen molar-refractivity contribution in [2.75, 3.05) is 25.5 Å². The van der Waals surface area contributed by atoms with Crippen LogP contribution in [0.3, 0.4) is 0 Å². The SMILES string of the molecule is CCNC(=NCc1cccc(NC(=O)Cn2cccn2)c1)NCCc1ccc(OC)cc1.I. The molecule has 0 bridgehead atoms. The number of hydrogen-bond acceptors (Lipinski definition) is 4. The van der Waals surface area contributed by atoms with Gasteiger partial charge < -0.3 is 20.7 Å². The van der Waals surface area contributed by atoms with Crippen LogP contribution in [0.15, 0.2) is 72.0 Å². The Morgan fingerprint density at radius 1 is 1.09 bits per heavy atom. The fourth-order valence-electron chi connectivity index (χ4n) is 3.12. The number of halogens is 1. The molecule has 0 atom stereocenters. The minimum Gasteiger partial charge on any atom is -0.497 e. The lowest BCUT2D eigenvalue weighted by molar-refractivity contribution is -0.116. The molecule has 8 nitrogen and oxygen atoms in total. The first-order chi connectivity index (χ1) is 15.7. The Morgan fingerprint density at radius 3 is 2.61 bits per heavy atom. The summed E-state index contributed by atoms with van der Waals surface area (Å²) in [7, 11) is 1.67. The summed E-state index contributed by atoms with van der Waals surface area (Å²) >= 11 is 0. The number of methoxy groups -OCH3 is 1. The number of anilines is 1. The average Bonchev–Trinajstić information content (AvgIpc) is 3.31.